The van der Waals surface area contributed by atoms with Gasteiger partial charge in [0.1, 0.15) is 5.73 Å². The van der Waals surface area contributed by atoms with Gasteiger partial charge in [0.2, 0.25) is 9.76 Å². The number of rotatable bonds is 4. The van der Waals surface area contributed by atoms with Crippen LogP contribution in [-0.4, -0.2) is 27.1 Å². The van der Waals surface area contributed by atoms with Crippen LogP contribution < -0.4 is 0 Å². The summed E-state index contributed by atoms with van der Waals surface area (Å²) in [5.74, 6) is -0.331. The van der Waals surface area contributed by atoms with E-state index in [1.54, 1.807) is 6.92 Å². The topological polar surface area (TPSA) is 35.5 Å². The van der Waals surface area contributed by atoms with Gasteiger partial charge in [-0.05, 0) is 34.6 Å². The fourth-order valence-corrected chi connectivity index (χ4v) is 1.64. The molecular weight excluding hydrogens is 196 g/mol. The van der Waals surface area contributed by atoms with Crippen LogP contribution in [0, 0.1) is 0 Å². The van der Waals surface area contributed by atoms with E-state index in [9.17, 15) is 4.79 Å². The molecule has 0 fully saturated rings. The quantitative estimate of drug-likeness (QED) is 0.404. The predicted molar refractivity (Wildman–Crippen MR) is 59.8 cm³/mol. The molecule has 0 heterocycles. The van der Waals surface area contributed by atoms with Crippen molar-refractivity contribution in [1.29, 1.82) is 0 Å². The van der Waals surface area contributed by atoms with Crippen LogP contribution >= 0.6 is 0 Å². The maximum absolute atomic E-state index is 11.1. The van der Waals surface area contributed by atoms with E-state index in [0.29, 0.717) is 5.57 Å². The molecule has 4 heteroatoms. The Morgan fingerprint density at radius 1 is 1.43 bits per heavy atom. The molecule has 1 atom stereocenters. The van der Waals surface area contributed by atoms with Crippen LogP contribution in [0.5, 0.6) is 0 Å². The largest absolute Gasteiger partial charge is 0.461 e. The molecule has 0 aliphatic heterocycles. The second-order valence-electron chi connectivity index (χ2n) is 4.42. The SMILES string of the molecule is C=C(C)C(=O)OC(C)[SiH2]OC(C)(C)C. The third kappa shape index (κ3) is 6.86. The molecule has 0 radical (unpaired) electrons. The summed E-state index contributed by atoms with van der Waals surface area (Å²) in [6.45, 7) is 13.0. The molecule has 1 unspecified atom stereocenters. The van der Waals surface area contributed by atoms with Crippen molar-refractivity contribution in [3.05, 3.63) is 12.2 Å². The van der Waals surface area contributed by atoms with E-state index in [2.05, 4.69) is 6.58 Å². The van der Waals surface area contributed by atoms with Crippen molar-refractivity contribution in [2.45, 2.75) is 45.9 Å². The molecular formula is C10H20O3Si. The van der Waals surface area contributed by atoms with Crippen molar-refractivity contribution < 1.29 is 14.0 Å². The van der Waals surface area contributed by atoms with Gasteiger partial charge < -0.3 is 9.16 Å². The number of esters is 1. The van der Waals surface area contributed by atoms with Crippen molar-refractivity contribution in [2.75, 3.05) is 0 Å². The van der Waals surface area contributed by atoms with Gasteiger partial charge in [-0.25, -0.2) is 4.79 Å². The molecule has 0 bridgehead atoms. The van der Waals surface area contributed by atoms with Gasteiger partial charge in [-0.3, -0.25) is 0 Å². The maximum Gasteiger partial charge on any atom is 0.333 e. The van der Waals surface area contributed by atoms with E-state index in [1.807, 2.05) is 27.7 Å². The van der Waals surface area contributed by atoms with Gasteiger partial charge in [0.05, 0.1) is 0 Å². The fourth-order valence-electron chi connectivity index (χ4n) is 0.685. The van der Waals surface area contributed by atoms with Crippen molar-refractivity contribution >= 4 is 15.7 Å². The zero-order chi connectivity index (χ0) is 11.4. The highest BCUT2D eigenvalue weighted by molar-refractivity contribution is 6.29. The molecule has 0 rings (SSSR count). The lowest BCUT2D eigenvalue weighted by atomic mass is 10.2. The Bertz CT molecular complexity index is 218. The first-order valence-electron chi connectivity index (χ1n) is 4.73. The van der Waals surface area contributed by atoms with Crippen LogP contribution in [0.4, 0.5) is 0 Å². The zero-order valence-electron chi connectivity index (χ0n) is 9.72. The van der Waals surface area contributed by atoms with E-state index in [0.717, 1.165) is 0 Å². The van der Waals surface area contributed by atoms with Gasteiger partial charge in [0, 0.05) is 11.2 Å². The second kappa shape index (κ2) is 5.31. The summed E-state index contributed by atoms with van der Waals surface area (Å²) in [7, 11) is -0.827. The summed E-state index contributed by atoms with van der Waals surface area (Å²) < 4.78 is 10.7. The van der Waals surface area contributed by atoms with E-state index in [-0.39, 0.29) is 17.3 Å². The number of hydrogen-bond donors (Lipinski definition) is 0. The lowest BCUT2D eigenvalue weighted by Gasteiger charge is -2.22. The molecule has 82 valence electrons. The molecule has 0 amide bonds. The molecule has 0 saturated carbocycles. The first-order chi connectivity index (χ1) is 6.22. The van der Waals surface area contributed by atoms with Gasteiger partial charge in [0.25, 0.3) is 0 Å². The van der Waals surface area contributed by atoms with Gasteiger partial charge >= 0.3 is 5.97 Å². The Hall–Kier alpha value is -0.613. The van der Waals surface area contributed by atoms with Crippen LogP contribution in [0.15, 0.2) is 12.2 Å². The molecule has 3 nitrogen and oxygen atoms in total. The summed E-state index contributed by atoms with van der Waals surface area (Å²) in [5.41, 5.74) is 0.191. The highest BCUT2D eigenvalue weighted by atomic mass is 28.2. The number of carbonyl (C=O) groups excluding carboxylic acids is 1. The Labute approximate surface area is 88.4 Å². The van der Waals surface area contributed by atoms with Crippen LogP contribution in [0.3, 0.4) is 0 Å². The molecule has 0 aromatic heterocycles. The summed E-state index contributed by atoms with van der Waals surface area (Å²) in [6, 6.07) is 0. The molecule has 0 aromatic rings. The van der Waals surface area contributed by atoms with E-state index in [4.69, 9.17) is 9.16 Å². The lowest BCUT2D eigenvalue weighted by molar-refractivity contribution is -0.140. The standard InChI is InChI=1S/C10H20O3Si/c1-7(2)9(11)12-8(3)14-13-10(4,5)6/h8H,1,14H2,2-6H3. The van der Waals surface area contributed by atoms with E-state index >= 15 is 0 Å². The first-order valence-corrected chi connectivity index (χ1v) is 6.12. The lowest BCUT2D eigenvalue weighted by Crippen LogP contribution is -2.30. The predicted octanol–water partition coefficient (Wildman–Crippen LogP) is 1.35. The fraction of sp³-hybridized carbons (Fsp3) is 0.700. The second-order valence-corrected chi connectivity index (χ2v) is 6.19. The third-order valence-corrected chi connectivity index (χ3v) is 3.08. The average molecular weight is 216 g/mol. The maximum atomic E-state index is 11.1. The Morgan fingerprint density at radius 2 is 1.93 bits per heavy atom. The van der Waals surface area contributed by atoms with Crippen LogP contribution in [0.25, 0.3) is 0 Å². The summed E-state index contributed by atoms with van der Waals surface area (Å²) in [5, 5.41) is 0. The molecule has 0 aliphatic rings. The number of ether oxygens (including phenoxy) is 1. The highest BCUT2D eigenvalue weighted by Crippen LogP contribution is 2.07. The van der Waals surface area contributed by atoms with Crippen LogP contribution in [0.2, 0.25) is 0 Å². The Morgan fingerprint density at radius 3 is 2.29 bits per heavy atom. The normalized spacial score (nSPS) is 14.4. The van der Waals surface area contributed by atoms with Crippen LogP contribution in [-0.2, 0) is 14.0 Å². The molecule has 14 heavy (non-hydrogen) atoms. The van der Waals surface area contributed by atoms with Crippen molar-refractivity contribution in [1.82, 2.24) is 0 Å². The Balaban J connectivity index is 3.82. The third-order valence-electron chi connectivity index (χ3n) is 1.41. The van der Waals surface area contributed by atoms with Crippen molar-refractivity contribution in [2.24, 2.45) is 0 Å². The minimum absolute atomic E-state index is 0.0987. The molecule has 0 N–H and O–H groups in total. The number of carbonyl (C=O) groups is 1. The zero-order valence-corrected chi connectivity index (χ0v) is 11.1. The molecule has 0 aliphatic carbocycles. The highest BCUT2D eigenvalue weighted by Gasteiger charge is 2.15. The van der Waals surface area contributed by atoms with Crippen molar-refractivity contribution in [3.63, 3.8) is 0 Å². The minimum atomic E-state index is -0.827. The van der Waals surface area contributed by atoms with Crippen molar-refractivity contribution in [3.8, 4) is 0 Å². The van der Waals surface area contributed by atoms with Gasteiger partial charge in [-0.1, -0.05) is 6.58 Å². The molecule has 0 saturated heterocycles. The molecule has 0 aromatic carbocycles. The smallest absolute Gasteiger partial charge is 0.333 e. The van der Waals surface area contributed by atoms with Gasteiger partial charge in [0.15, 0.2) is 0 Å². The first kappa shape index (κ1) is 13.4. The summed E-state index contributed by atoms with van der Waals surface area (Å²) >= 11 is 0. The van der Waals surface area contributed by atoms with Gasteiger partial charge in [-0.2, -0.15) is 0 Å². The summed E-state index contributed by atoms with van der Waals surface area (Å²) in [4.78, 5) is 11.1. The minimum Gasteiger partial charge on any atom is -0.461 e. The summed E-state index contributed by atoms with van der Waals surface area (Å²) in [6.07, 6.45) is 0. The van der Waals surface area contributed by atoms with Crippen LogP contribution in [0.1, 0.15) is 34.6 Å². The molecule has 0 spiro atoms. The number of hydrogen-bond acceptors (Lipinski definition) is 3. The average Bonchev–Trinajstić information content (AvgIpc) is 1.99. The monoisotopic (exact) mass is 216 g/mol. The van der Waals surface area contributed by atoms with E-state index < -0.39 is 9.76 Å². The van der Waals surface area contributed by atoms with E-state index in [1.165, 1.54) is 0 Å². The Kier molecular flexibility index (Phi) is 5.08. The van der Waals surface area contributed by atoms with Gasteiger partial charge in [-0.15, -0.1) is 0 Å².